The number of hydrogen-bond donors (Lipinski definition) is 3. The number of aliphatic carboxylic acids is 1. The molecule has 2 atom stereocenters. The minimum absolute atomic E-state index is 0.00278. The van der Waals surface area contributed by atoms with Crippen molar-refractivity contribution in [3.05, 3.63) is 28.2 Å². The molecule has 3 N–H and O–H groups in total. The van der Waals surface area contributed by atoms with E-state index >= 15 is 0 Å². The van der Waals surface area contributed by atoms with Gasteiger partial charge in [0, 0.05) is 6.07 Å². The van der Waals surface area contributed by atoms with E-state index in [0.29, 0.717) is 6.42 Å². The molecule has 7 heteroatoms. The Bertz CT molecular complexity index is 563. The van der Waals surface area contributed by atoms with Crippen LogP contribution >= 0.6 is 0 Å². The molecule has 0 aliphatic heterocycles. The van der Waals surface area contributed by atoms with Crippen molar-refractivity contribution in [1.29, 1.82) is 0 Å². The van der Waals surface area contributed by atoms with Gasteiger partial charge in [0.1, 0.15) is 11.2 Å². The van der Waals surface area contributed by atoms with Gasteiger partial charge in [-0.15, -0.1) is 0 Å². The van der Waals surface area contributed by atoms with Crippen LogP contribution in [0.3, 0.4) is 0 Å². The van der Waals surface area contributed by atoms with Gasteiger partial charge in [0.15, 0.2) is 0 Å². The third-order valence-corrected chi connectivity index (χ3v) is 3.93. The summed E-state index contributed by atoms with van der Waals surface area (Å²) >= 11 is 0. The maximum atomic E-state index is 12.1. The molecule has 1 aliphatic carbocycles. The minimum Gasteiger partial charge on any atom is -0.479 e. The summed E-state index contributed by atoms with van der Waals surface area (Å²) in [7, 11) is 0. The van der Waals surface area contributed by atoms with Gasteiger partial charge < -0.3 is 10.4 Å². The van der Waals surface area contributed by atoms with Crippen LogP contribution in [0.2, 0.25) is 0 Å². The highest BCUT2D eigenvalue weighted by Crippen LogP contribution is 2.34. The summed E-state index contributed by atoms with van der Waals surface area (Å²) in [6, 6.07) is 2.46. The summed E-state index contributed by atoms with van der Waals surface area (Å²) in [6.07, 6.45) is 2.88. The zero-order valence-corrected chi connectivity index (χ0v) is 11.2. The van der Waals surface area contributed by atoms with E-state index in [-0.39, 0.29) is 11.6 Å². The van der Waals surface area contributed by atoms with Crippen molar-refractivity contribution in [1.82, 2.24) is 15.5 Å². The lowest BCUT2D eigenvalue weighted by atomic mass is 9.73. The summed E-state index contributed by atoms with van der Waals surface area (Å²) < 4.78 is 0. The molecule has 7 nitrogen and oxygen atoms in total. The van der Waals surface area contributed by atoms with Gasteiger partial charge in [0.25, 0.3) is 11.5 Å². The molecule has 0 radical (unpaired) electrons. The fourth-order valence-electron chi connectivity index (χ4n) is 2.64. The number of carbonyl (C=O) groups excluding carboxylic acids is 1. The summed E-state index contributed by atoms with van der Waals surface area (Å²) in [5.41, 5.74) is -1.67. The van der Waals surface area contributed by atoms with E-state index in [1.807, 2.05) is 6.92 Å². The topological polar surface area (TPSA) is 112 Å². The third kappa shape index (κ3) is 2.56. The number of aromatic nitrogens is 2. The average Bonchev–Trinajstić information content (AvgIpc) is 2.42. The van der Waals surface area contributed by atoms with E-state index in [9.17, 15) is 19.5 Å². The number of rotatable bonds is 3. The predicted octanol–water partition coefficient (Wildman–Crippen LogP) is 0.533. The average molecular weight is 279 g/mol. The van der Waals surface area contributed by atoms with Gasteiger partial charge in [-0.05, 0) is 24.8 Å². The first kappa shape index (κ1) is 14.2. The molecule has 1 fully saturated rings. The molecule has 20 heavy (non-hydrogen) atoms. The Hall–Kier alpha value is -2.18. The van der Waals surface area contributed by atoms with Crippen LogP contribution in [0.15, 0.2) is 16.9 Å². The Kier molecular flexibility index (Phi) is 3.87. The molecule has 2 unspecified atom stereocenters. The Balaban J connectivity index is 2.24. The first-order chi connectivity index (χ1) is 9.45. The highest BCUT2D eigenvalue weighted by Gasteiger charge is 2.46. The number of amides is 1. The van der Waals surface area contributed by atoms with Crippen LogP contribution in [-0.2, 0) is 4.79 Å². The van der Waals surface area contributed by atoms with Crippen LogP contribution in [0, 0.1) is 5.92 Å². The second-order valence-corrected chi connectivity index (χ2v) is 5.18. The summed E-state index contributed by atoms with van der Waals surface area (Å²) in [6.45, 7) is 1.83. The number of carbonyl (C=O) groups is 2. The Morgan fingerprint density at radius 1 is 1.45 bits per heavy atom. The van der Waals surface area contributed by atoms with Crippen molar-refractivity contribution in [2.45, 2.75) is 38.1 Å². The van der Waals surface area contributed by atoms with E-state index in [2.05, 4.69) is 15.5 Å². The second kappa shape index (κ2) is 5.44. The Morgan fingerprint density at radius 2 is 2.20 bits per heavy atom. The first-order valence-electron chi connectivity index (χ1n) is 6.57. The van der Waals surface area contributed by atoms with Crippen LogP contribution in [0.5, 0.6) is 0 Å². The molecule has 1 aliphatic rings. The van der Waals surface area contributed by atoms with Crippen LogP contribution in [0.25, 0.3) is 0 Å². The monoisotopic (exact) mass is 279 g/mol. The van der Waals surface area contributed by atoms with Crippen molar-refractivity contribution in [3.63, 3.8) is 0 Å². The van der Waals surface area contributed by atoms with Crippen LogP contribution in [0.4, 0.5) is 0 Å². The highest BCUT2D eigenvalue weighted by molar-refractivity contribution is 5.96. The molecule has 1 aromatic heterocycles. The van der Waals surface area contributed by atoms with Crippen LogP contribution in [-0.4, -0.2) is 32.7 Å². The molecule has 0 saturated heterocycles. The molecular weight excluding hydrogens is 262 g/mol. The van der Waals surface area contributed by atoms with E-state index < -0.39 is 23.0 Å². The van der Waals surface area contributed by atoms with Gasteiger partial charge >= 0.3 is 5.97 Å². The zero-order valence-electron chi connectivity index (χ0n) is 11.2. The first-order valence-corrected chi connectivity index (χ1v) is 6.57. The van der Waals surface area contributed by atoms with Crippen molar-refractivity contribution >= 4 is 11.9 Å². The molecule has 0 aromatic carbocycles. The normalized spacial score (nSPS) is 25.9. The molecule has 2 rings (SSSR count). The third-order valence-electron chi connectivity index (χ3n) is 3.93. The quantitative estimate of drug-likeness (QED) is 0.747. The van der Waals surface area contributed by atoms with Gasteiger partial charge in [-0.25, -0.2) is 9.89 Å². The van der Waals surface area contributed by atoms with Gasteiger partial charge in [-0.1, -0.05) is 19.8 Å². The van der Waals surface area contributed by atoms with Crippen LogP contribution < -0.4 is 10.9 Å². The SMILES string of the molecule is CC1CCCCC1(NC(=O)c1ccc(=O)[nH]n1)C(=O)O. The molecular formula is C13H17N3O4. The largest absolute Gasteiger partial charge is 0.479 e. The van der Waals surface area contributed by atoms with E-state index in [4.69, 9.17) is 0 Å². The van der Waals surface area contributed by atoms with Crippen molar-refractivity contribution in [3.8, 4) is 0 Å². The zero-order chi connectivity index (χ0) is 14.8. The van der Waals surface area contributed by atoms with Gasteiger partial charge in [0.05, 0.1) is 0 Å². The van der Waals surface area contributed by atoms with Gasteiger partial charge in [0.2, 0.25) is 0 Å². The van der Waals surface area contributed by atoms with Crippen molar-refractivity contribution in [2.24, 2.45) is 5.92 Å². The maximum absolute atomic E-state index is 12.1. The van der Waals surface area contributed by atoms with Gasteiger partial charge in [-0.2, -0.15) is 5.10 Å². The van der Waals surface area contributed by atoms with E-state index in [1.54, 1.807) is 0 Å². The molecule has 1 aromatic rings. The number of nitrogens with one attached hydrogen (secondary N) is 2. The van der Waals surface area contributed by atoms with Crippen molar-refractivity contribution < 1.29 is 14.7 Å². The lowest BCUT2D eigenvalue weighted by Crippen LogP contribution is -2.60. The number of nitrogens with zero attached hydrogens (tertiary/aromatic N) is 1. The van der Waals surface area contributed by atoms with Crippen molar-refractivity contribution in [2.75, 3.05) is 0 Å². The van der Waals surface area contributed by atoms with Crippen LogP contribution in [0.1, 0.15) is 43.1 Å². The van der Waals surface area contributed by atoms with E-state index in [1.165, 1.54) is 12.1 Å². The lowest BCUT2D eigenvalue weighted by molar-refractivity contribution is -0.148. The number of carboxylic acids is 1. The summed E-state index contributed by atoms with van der Waals surface area (Å²) in [5, 5.41) is 17.9. The summed E-state index contributed by atoms with van der Waals surface area (Å²) in [5.74, 6) is -1.76. The Labute approximate surface area is 115 Å². The molecule has 0 bridgehead atoms. The smallest absolute Gasteiger partial charge is 0.329 e. The molecule has 108 valence electrons. The highest BCUT2D eigenvalue weighted by atomic mass is 16.4. The molecule has 1 amide bonds. The molecule has 1 saturated carbocycles. The number of H-pyrrole nitrogens is 1. The number of aromatic amines is 1. The second-order valence-electron chi connectivity index (χ2n) is 5.18. The summed E-state index contributed by atoms with van der Waals surface area (Å²) in [4.78, 5) is 34.6. The van der Waals surface area contributed by atoms with E-state index in [0.717, 1.165) is 19.3 Å². The number of hydrogen-bond acceptors (Lipinski definition) is 4. The predicted molar refractivity (Wildman–Crippen MR) is 70.3 cm³/mol. The fourth-order valence-corrected chi connectivity index (χ4v) is 2.64. The molecule has 0 spiro atoms. The van der Waals surface area contributed by atoms with Gasteiger partial charge in [-0.3, -0.25) is 9.59 Å². The fraction of sp³-hybridized carbons (Fsp3) is 0.538. The molecule has 1 heterocycles. The lowest BCUT2D eigenvalue weighted by Gasteiger charge is -2.39. The Morgan fingerprint density at radius 3 is 2.75 bits per heavy atom. The maximum Gasteiger partial charge on any atom is 0.329 e. The minimum atomic E-state index is -1.26. The number of carboxylic acid groups (broad SMARTS) is 1. The standard InChI is InChI=1S/C13H17N3O4/c1-8-4-2-3-7-13(8,12(19)20)14-11(18)9-5-6-10(17)16-15-9/h5-6,8H,2-4,7H2,1H3,(H,14,18)(H,16,17)(H,19,20).